The van der Waals surface area contributed by atoms with Gasteiger partial charge in [0.05, 0.1) is 27.3 Å². The van der Waals surface area contributed by atoms with Crippen molar-refractivity contribution in [3.8, 4) is 11.3 Å². The van der Waals surface area contributed by atoms with Crippen LogP contribution in [0, 0.1) is 12.7 Å². The zero-order valence-corrected chi connectivity index (χ0v) is 13.1. The van der Waals surface area contributed by atoms with E-state index in [2.05, 4.69) is 9.97 Å². The van der Waals surface area contributed by atoms with Crippen molar-refractivity contribution in [2.75, 3.05) is 0 Å². The van der Waals surface area contributed by atoms with E-state index in [1.807, 2.05) is 0 Å². The Labute approximate surface area is 136 Å². The quantitative estimate of drug-likeness (QED) is 0.679. The van der Waals surface area contributed by atoms with Crippen molar-refractivity contribution in [3.05, 3.63) is 70.1 Å². The molecule has 23 heavy (non-hydrogen) atoms. The molecule has 0 aliphatic carbocycles. The van der Waals surface area contributed by atoms with E-state index < -0.39 is 5.97 Å². The number of benzene rings is 1. The molecule has 0 saturated carbocycles. The van der Waals surface area contributed by atoms with Crippen LogP contribution in [0.4, 0.5) is 4.39 Å². The predicted molar refractivity (Wildman–Crippen MR) is 85.6 cm³/mol. The van der Waals surface area contributed by atoms with Gasteiger partial charge in [-0.3, -0.25) is 9.97 Å². The van der Waals surface area contributed by atoms with Crippen molar-refractivity contribution >= 4 is 17.3 Å². The van der Waals surface area contributed by atoms with E-state index in [1.165, 1.54) is 23.5 Å². The van der Waals surface area contributed by atoms with E-state index in [0.29, 0.717) is 17.0 Å². The van der Waals surface area contributed by atoms with Crippen LogP contribution in [0.2, 0.25) is 0 Å². The van der Waals surface area contributed by atoms with Crippen molar-refractivity contribution < 1.29 is 13.9 Å². The second-order valence-electron chi connectivity index (χ2n) is 4.88. The van der Waals surface area contributed by atoms with Crippen LogP contribution in [-0.4, -0.2) is 15.9 Å². The Kier molecular flexibility index (Phi) is 4.43. The lowest BCUT2D eigenvalue weighted by Gasteiger charge is -2.08. The van der Waals surface area contributed by atoms with Gasteiger partial charge < -0.3 is 4.74 Å². The van der Waals surface area contributed by atoms with Gasteiger partial charge in [-0.15, -0.1) is 11.3 Å². The predicted octanol–water partition coefficient (Wildman–Crippen LogP) is 4.01. The first-order chi connectivity index (χ1) is 11.1. The van der Waals surface area contributed by atoms with Crippen LogP contribution in [-0.2, 0) is 11.3 Å². The molecule has 1 aromatic carbocycles. The molecule has 0 N–H and O–H groups in total. The van der Waals surface area contributed by atoms with Crippen molar-refractivity contribution in [1.29, 1.82) is 0 Å². The third kappa shape index (κ3) is 3.60. The van der Waals surface area contributed by atoms with Crippen molar-refractivity contribution in [1.82, 2.24) is 9.97 Å². The van der Waals surface area contributed by atoms with Crippen molar-refractivity contribution in [2.24, 2.45) is 0 Å². The first kappa shape index (κ1) is 15.3. The second kappa shape index (κ2) is 6.66. The van der Waals surface area contributed by atoms with Crippen LogP contribution in [0.3, 0.4) is 0 Å². The van der Waals surface area contributed by atoms with Gasteiger partial charge in [0.2, 0.25) is 0 Å². The molecule has 2 aromatic heterocycles. The highest BCUT2D eigenvalue weighted by molar-refractivity contribution is 7.09. The topological polar surface area (TPSA) is 52.1 Å². The third-order valence-electron chi connectivity index (χ3n) is 3.27. The molecule has 0 bridgehead atoms. The van der Waals surface area contributed by atoms with Crippen LogP contribution in [0.25, 0.3) is 11.3 Å². The van der Waals surface area contributed by atoms with Crippen molar-refractivity contribution in [2.45, 2.75) is 13.5 Å². The first-order valence-electron chi connectivity index (χ1n) is 6.91. The summed E-state index contributed by atoms with van der Waals surface area (Å²) in [5.74, 6) is -0.720. The summed E-state index contributed by atoms with van der Waals surface area (Å²) in [7, 11) is 0. The van der Waals surface area contributed by atoms with Gasteiger partial charge in [0, 0.05) is 11.8 Å². The number of aryl methyl sites for hydroxylation is 1. The molecule has 0 spiro atoms. The van der Waals surface area contributed by atoms with Gasteiger partial charge in [-0.05, 0) is 43.3 Å². The molecule has 4 nitrogen and oxygen atoms in total. The average molecular weight is 328 g/mol. The fourth-order valence-corrected chi connectivity index (χ4v) is 2.59. The summed E-state index contributed by atoms with van der Waals surface area (Å²) in [4.78, 5) is 21.3. The molecule has 0 amide bonds. The molecule has 0 atom stereocenters. The Hall–Kier alpha value is -2.60. The van der Waals surface area contributed by atoms with Gasteiger partial charge in [0.25, 0.3) is 0 Å². The van der Waals surface area contributed by atoms with Crippen LogP contribution in [0.1, 0.15) is 20.9 Å². The number of halogens is 1. The summed E-state index contributed by atoms with van der Waals surface area (Å²) in [6.07, 6.45) is 1.67. The zero-order valence-electron chi connectivity index (χ0n) is 12.3. The van der Waals surface area contributed by atoms with Crippen LogP contribution in [0.15, 0.2) is 48.1 Å². The van der Waals surface area contributed by atoms with Crippen LogP contribution in [0.5, 0.6) is 0 Å². The van der Waals surface area contributed by atoms with E-state index in [9.17, 15) is 9.18 Å². The fraction of sp³-hybridized carbons (Fsp3) is 0.118. The molecule has 0 aliphatic rings. The highest BCUT2D eigenvalue weighted by Gasteiger charge is 2.13. The molecule has 3 rings (SSSR count). The molecule has 0 saturated heterocycles. The van der Waals surface area contributed by atoms with Crippen LogP contribution < -0.4 is 0 Å². The summed E-state index contributed by atoms with van der Waals surface area (Å²) >= 11 is 1.43. The normalized spacial score (nSPS) is 10.5. The van der Waals surface area contributed by atoms with E-state index >= 15 is 0 Å². The molecule has 0 aliphatic heterocycles. The lowest BCUT2D eigenvalue weighted by molar-refractivity contribution is 0.0475. The number of rotatable bonds is 4. The number of ether oxygens (including phenoxy) is 1. The number of aromatic nitrogens is 2. The smallest absolute Gasteiger partial charge is 0.340 e. The second-order valence-corrected chi connectivity index (χ2v) is 5.85. The summed E-state index contributed by atoms with van der Waals surface area (Å²) < 4.78 is 18.2. The maximum Gasteiger partial charge on any atom is 0.340 e. The summed E-state index contributed by atoms with van der Waals surface area (Å²) in [5, 5.41) is 0. The largest absolute Gasteiger partial charge is 0.456 e. The molecule has 0 fully saturated rings. The van der Waals surface area contributed by atoms with E-state index in [4.69, 9.17) is 4.74 Å². The SMILES string of the molecule is Cc1nc(-c2ccc(F)cc2)ccc1C(=O)OCc1cncs1. The molecule has 2 heterocycles. The number of hydrogen-bond acceptors (Lipinski definition) is 5. The molecule has 0 unspecified atom stereocenters. The monoisotopic (exact) mass is 328 g/mol. The number of nitrogens with zero attached hydrogens (tertiary/aromatic N) is 2. The van der Waals surface area contributed by atoms with E-state index in [-0.39, 0.29) is 12.4 Å². The lowest BCUT2D eigenvalue weighted by Crippen LogP contribution is -2.08. The number of carbonyl (C=O) groups is 1. The van der Waals surface area contributed by atoms with Gasteiger partial charge in [-0.2, -0.15) is 0 Å². The Morgan fingerprint density at radius 3 is 2.65 bits per heavy atom. The minimum atomic E-state index is -0.422. The minimum absolute atomic E-state index is 0.197. The van der Waals surface area contributed by atoms with Crippen molar-refractivity contribution in [3.63, 3.8) is 0 Å². The Balaban J connectivity index is 1.76. The number of esters is 1. The summed E-state index contributed by atoms with van der Waals surface area (Å²) in [6.45, 7) is 1.94. The summed E-state index contributed by atoms with van der Waals surface area (Å²) in [6, 6.07) is 9.46. The number of carbonyl (C=O) groups excluding carboxylic acids is 1. The maximum atomic E-state index is 13.0. The van der Waals surface area contributed by atoms with E-state index in [0.717, 1.165) is 10.4 Å². The third-order valence-corrected chi connectivity index (χ3v) is 4.03. The van der Waals surface area contributed by atoms with Crippen LogP contribution >= 0.6 is 11.3 Å². The van der Waals surface area contributed by atoms with Gasteiger partial charge in [0.1, 0.15) is 12.4 Å². The number of thiazole rings is 1. The molecule has 6 heteroatoms. The zero-order chi connectivity index (χ0) is 16.2. The number of pyridine rings is 1. The standard InChI is InChI=1S/C17H13FN2O2S/c1-11-15(17(21)22-9-14-8-19-10-23-14)6-7-16(20-11)12-2-4-13(18)5-3-12/h2-8,10H,9H2,1H3. The highest BCUT2D eigenvalue weighted by atomic mass is 32.1. The summed E-state index contributed by atoms with van der Waals surface area (Å²) in [5.41, 5.74) is 4.15. The number of hydrogen-bond donors (Lipinski definition) is 0. The lowest BCUT2D eigenvalue weighted by atomic mass is 10.1. The first-order valence-corrected chi connectivity index (χ1v) is 7.79. The minimum Gasteiger partial charge on any atom is -0.456 e. The molecular formula is C17H13FN2O2S. The molecule has 0 radical (unpaired) electrons. The molecule has 3 aromatic rings. The average Bonchev–Trinajstić information content (AvgIpc) is 3.06. The van der Waals surface area contributed by atoms with Gasteiger partial charge >= 0.3 is 5.97 Å². The highest BCUT2D eigenvalue weighted by Crippen LogP contribution is 2.20. The fourth-order valence-electron chi connectivity index (χ4n) is 2.09. The molecular weight excluding hydrogens is 315 g/mol. The maximum absolute atomic E-state index is 13.0. The van der Waals surface area contributed by atoms with Gasteiger partial charge in [-0.25, -0.2) is 9.18 Å². The van der Waals surface area contributed by atoms with Gasteiger partial charge in [0.15, 0.2) is 0 Å². The van der Waals surface area contributed by atoms with Gasteiger partial charge in [-0.1, -0.05) is 0 Å². The molecule has 116 valence electrons. The van der Waals surface area contributed by atoms with E-state index in [1.54, 1.807) is 42.9 Å². The Morgan fingerprint density at radius 2 is 2.00 bits per heavy atom. The Bertz CT molecular complexity index is 817. The Morgan fingerprint density at radius 1 is 1.22 bits per heavy atom.